The Morgan fingerprint density at radius 2 is 2.25 bits per heavy atom. The van der Waals surface area contributed by atoms with Crippen molar-refractivity contribution < 1.29 is 9.47 Å². The van der Waals surface area contributed by atoms with Gasteiger partial charge in [0.2, 0.25) is 0 Å². The molecule has 1 aliphatic rings. The fraction of sp³-hybridized carbons (Fsp3) is 0.500. The van der Waals surface area contributed by atoms with Crippen molar-refractivity contribution in [3.05, 3.63) is 23.2 Å². The van der Waals surface area contributed by atoms with Crippen LogP contribution in [-0.4, -0.2) is 26.3 Å². The fourth-order valence-electron chi connectivity index (χ4n) is 1.84. The van der Waals surface area contributed by atoms with Gasteiger partial charge in [0.15, 0.2) is 11.5 Å². The maximum absolute atomic E-state index is 5.94. The average molecular weight is 242 g/mol. The van der Waals surface area contributed by atoms with Gasteiger partial charge in [0.25, 0.3) is 0 Å². The third-order valence-electron chi connectivity index (χ3n) is 2.67. The van der Waals surface area contributed by atoms with Gasteiger partial charge in [0, 0.05) is 17.6 Å². The summed E-state index contributed by atoms with van der Waals surface area (Å²) in [7, 11) is 1.63. The highest BCUT2D eigenvalue weighted by atomic mass is 35.5. The number of halogens is 1. The Kier molecular flexibility index (Phi) is 3.91. The largest absolute Gasteiger partial charge is 0.493 e. The van der Waals surface area contributed by atoms with E-state index in [1.165, 1.54) is 0 Å². The van der Waals surface area contributed by atoms with E-state index in [2.05, 4.69) is 5.32 Å². The summed E-state index contributed by atoms with van der Waals surface area (Å²) in [6.07, 6.45) is 2.43. The summed E-state index contributed by atoms with van der Waals surface area (Å²) in [6.45, 7) is 1.96. The van der Waals surface area contributed by atoms with E-state index in [4.69, 9.17) is 21.1 Å². The first-order valence-electron chi connectivity index (χ1n) is 5.50. The molecule has 0 radical (unpaired) electrons. The van der Waals surface area contributed by atoms with Crippen LogP contribution in [-0.2, 0) is 0 Å². The highest BCUT2D eigenvalue weighted by Crippen LogP contribution is 2.31. The van der Waals surface area contributed by atoms with Crippen molar-refractivity contribution in [3.8, 4) is 11.5 Å². The normalized spacial score (nSPS) is 20.5. The van der Waals surface area contributed by atoms with Crippen LogP contribution in [0.15, 0.2) is 18.2 Å². The van der Waals surface area contributed by atoms with Crippen molar-refractivity contribution >= 4 is 11.6 Å². The van der Waals surface area contributed by atoms with Crippen LogP contribution in [0.5, 0.6) is 11.5 Å². The fourth-order valence-corrected chi connectivity index (χ4v) is 2.00. The van der Waals surface area contributed by atoms with E-state index in [0.29, 0.717) is 5.02 Å². The topological polar surface area (TPSA) is 30.5 Å². The molecule has 0 saturated carbocycles. The van der Waals surface area contributed by atoms with E-state index in [9.17, 15) is 0 Å². The average Bonchev–Trinajstić information content (AvgIpc) is 2.31. The smallest absolute Gasteiger partial charge is 0.163 e. The van der Waals surface area contributed by atoms with Crippen LogP contribution in [0.1, 0.15) is 12.8 Å². The van der Waals surface area contributed by atoms with Crippen LogP contribution < -0.4 is 14.8 Å². The summed E-state index contributed by atoms with van der Waals surface area (Å²) >= 11 is 5.94. The van der Waals surface area contributed by atoms with Crippen LogP contribution in [0, 0.1) is 0 Å². The third-order valence-corrected chi connectivity index (χ3v) is 2.91. The van der Waals surface area contributed by atoms with Gasteiger partial charge in [-0.25, -0.2) is 0 Å². The van der Waals surface area contributed by atoms with E-state index >= 15 is 0 Å². The van der Waals surface area contributed by atoms with Crippen LogP contribution >= 0.6 is 11.6 Å². The Bertz CT molecular complexity index is 351. The molecule has 0 aromatic heterocycles. The van der Waals surface area contributed by atoms with Gasteiger partial charge in [0.05, 0.1) is 7.11 Å². The summed E-state index contributed by atoms with van der Waals surface area (Å²) in [4.78, 5) is 0. The molecule has 1 fully saturated rings. The number of nitrogens with one attached hydrogen (secondary N) is 1. The number of hydrogen-bond acceptors (Lipinski definition) is 3. The van der Waals surface area contributed by atoms with Crippen LogP contribution in [0.25, 0.3) is 0 Å². The van der Waals surface area contributed by atoms with Gasteiger partial charge in [-0.15, -0.1) is 0 Å². The van der Waals surface area contributed by atoms with Gasteiger partial charge in [0.1, 0.15) is 6.10 Å². The molecule has 88 valence electrons. The molecule has 2 rings (SSSR count). The summed E-state index contributed by atoms with van der Waals surface area (Å²) in [6, 6.07) is 5.43. The summed E-state index contributed by atoms with van der Waals surface area (Å²) in [5.74, 6) is 1.46. The molecule has 0 amide bonds. The Labute approximate surface area is 101 Å². The molecule has 1 aromatic rings. The molecule has 1 heterocycles. The zero-order chi connectivity index (χ0) is 11.4. The van der Waals surface area contributed by atoms with E-state index in [0.717, 1.165) is 37.4 Å². The Morgan fingerprint density at radius 3 is 2.94 bits per heavy atom. The van der Waals surface area contributed by atoms with E-state index in [1.807, 2.05) is 6.07 Å². The molecule has 1 aliphatic heterocycles. The maximum Gasteiger partial charge on any atom is 0.163 e. The second-order valence-corrected chi connectivity index (χ2v) is 4.32. The lowest BCUT2D eigenvalue weighted by Gasteiger charge is -2.24. The maximum atomic E-state index is 5.94. The summed E-state index contributed by atoms with van der Waals surface area (Å²) in [5, 5.41) is 3.97. The summed E-state index contributed by atoms with van der Waals surface area (Å²) < 4.78 is 11.1. The van der Waals surface area contributed by atoms with Gasteiger partial charge in [-0.1, -0.05) is 11.6 Å². The van der Waals surface area contributed by atoms with E-state index in [-0.39, 0.29) is 6.10 Å². The second-order valence-electron chi connectivity index (χ2n) is 3.88. The van der Waals surface area contributed by atoms with Crippen LogP contribution in [0.2, 0.25) is 5.02 Å². The predicted octanol–water partition coefficient (Wildman–Crippen LogP) is 2.48. The monoisotopic (exact) mass is 241 g/mol. The zero-order valence-corrected chi connectivity index (χ0v) is 10.1. The first-order chi connectivity index (χ1) is 7.79. The van der Waals surface area contributed by atoms with Gasteiger partial charge in [-0.05, 0) is 31.5 Å². The molecule has 16 heavy (non-hydrogen) atoms. The number of rotatable bonds is 3. The van der Waals surface area contributed by atoms with Gasteiger partial charge in [-0.3, -0.25) is 0 Å². The standard InChI is InChI=1S/C12H16ClNO2/c1-15-11-5-4-9(13)7-12(11)16-10-3-2-6-14-8-10/h4-5,7,10,14H,2-3,6,8H2,1H3. The lowest BCUT2D eigenvalue weighted by molar-refractivity contribution is 0.161. The molecular formula is C12H16ClNO2. The molecule has 0 spiro atoms. The number of methoxy groups -OCH3 is 1. The van der Waals surface area contributed by atoms with Crippen molar-refractivity contribution in [2.75, 3.05) is 20.2 Å². The molecule has 1 aromatic carbocycles. The van der Waals surface area contributed by atoms with Crippen molar-refractivity contribution in [3.63, 3.8) is 0 Å². The first-order valence-corrected chi connectivity index (χ1v) is 5.88. The molecule has 0 aliphatic carbocycles. The van der Waals surface area contributed by atoms with Crippen molar-refractivity contribution in [2.45, 2.75) is 18.9 Å². The zero-order valence-electron chi connectivity index (χ0n) is 9.33. The molecule has 0 bridgehead atoms. The number of benzene rings is 1. The molecule has 3 nitrogen and oxygen atoms in total. The highest BCUT2D eigenvalue weighted by Gasteiger charge is 2.16. The van der Waals surface area contributed by atoms with Crippen molar-refractivity contribution in [1.82, 2.24) is 5.32 Å². The van der Waals surface area contributed by atoms with Crippen molar-refractivity contribution in [2.24, 2.45) is 0 Å². The van der Waals surface area contributed by atoms with Gasteiger partial charge < -0.3 is 14.8 Å². The van der Waals surface area contributed by atoms with Crippen molar-refractivity contribution in [1.29, 1.82) is 0 Å². The molecule has 1 unspecified atom stereocenters. The lowest BCUT2D eigenvalue weighted by atomic mass is 10.1. The molecular weight excluding hydrogens is 226 g/mol. The SMILES string of the molecule is COc1ccc(Cl)cc1OC1CCCNC1. The lowest BCUT2D eigenvalue weighted by Crippen LogP contribution is -2.37. The summed E-state index contributed by atoms with van der Waals surface area (Å²) in [5.41, 5.74) is 0. The minimum atomic E-state index is 0.209. The quantitative estimate of drug-likeness (QED) is 0.882. The minimum absolute atomic E-state index is 0.209. The molecule has 1 saturated heterocycles. The number of piperidine rings is 1. The number of ether oxygens (including phenoxy) is 2. The Hall–Kier alpha value is -0.930. The second kappa shape index (κ2) is 5.41. The minimum Gasteiger partial charge on any atom is -0.493 e. The van der Waals surface area contributed by atoms with E-state index < -0.39 is 0 Å². The van der Waals surface area contributed by atoms with Crippen LogP contribution in [0.3, 0.4) is 0 Å². The molecule has 1 atom stereocenters. The van der Waals surface area contributed by atoms with Crippen LogP contribution in [0.4, 0.5) is 0 Å². The predicted molar refractivity (Wildman–Crippen MR) is 64.5 cm³/mol. The highest BCUT2D eigenvalue weighted by molar-refractivity contribution is 6.30. The Balaban J connectivity index is 2.09. The number of hydrogen-bond donors (Lipinski definition) is 1. The third kappa shape index (κ3) is 2.80. The molecule has 1 N–H and O–H groups in total. The van der Waals surface area contributed by atoms with Gasteiger partial charge >= 0.3 is 0 Å². The Morgan fingerprint density at radius 1 is 1.38 bits per heavy atom. The first kappa shape index (κ1) is 11.6. The molecule has 4 heteroatoms. The van der Waals surface area contributed by atoms with Gasteiger partial charge in [-0.2, -0.15) is 0 Å². The van der Waals surface area contributed by atoms with E-state index in [1.54, 1.807) is 19.2 Å².